The smallest absolute Gasteiger partial charge is 0.335 e. The number of benzene rings is 1. The molecule has 0 radical (unpaired) electrons. The van der Waals surface area contributed by atoms with E-state index in [0.29, 0.717) is 50.5 Å². The summed E-state index contributed by atoms with van der Waals surface area (Å²) in [5, 5.41) is 10.4. The summed E-state index contributed by atoms with van der Waals surface area (Å²) in [5.74, 6) is -0.0834. The number of hydrogen-bond acceptors (Lipinski definition) is 4. The van der Waals surface area contributed by atoms with Crippen LogP contribution in [0.5, 0.6) is 0 Å². The maximum absolute atomic E-state index is 12.9. The van der Waals surface area contributed by atoms with E-state index in [1.807, 2.05) is 0 Å². The molecule has 1 aromatic carbocycles. The number of alkyl halides is 3. The van der Waals surface area contributed by atoms with Gasteiger partial charge in [0.1, 0.15) is 0 Å². The van der Waals surface area contributed by atoms with Crippen LogP contribution in [0.4, 0.5) is 13.2 Å². The van der Waals surface area contributed by atoms with E-state index in [-0.39, 0.29) is 18.3 Å². The number of carbonyl (C=O) groups excluding carboxylic acids is 1. The third-order valence-corrected chi connectivity index (χ3v) is 5.33. The lowest BCUT2D eigenvalue weighted by Gasteiger charge is -2.34. The number of nitrogens with one attached hydrogen (secondary N) is 2. The lowest BCUT2D eigenvalue weighted by atomic mass is 10.1. The van der Waals surface area contributed by atoms with Crippen molar-refractivity contribution < 1.29 is 18.0 Å². The van der Waals surface area contributed by atoms with Gasteiger partial charge in [0.15, 0.2) is 5.69 Å². The molecule has 29 heavy (non-hydrogen) atoms. The summed E-state index contributed by atoms with van der Waals surface area (Å²) in [6.07, 6.45) is -3.50. The highest BCUT2D eigenvalue weighted by molar-refractivity contribution is 5.94. The molecule has 1 saturated heterocycles. The summed E-state index contributed by atoms with van der Waals surface area (Å²) >= 11 is 0. The maximum Gasteiger partial charge on any atom is 0.416 e. The van der Waals surface area contributed by atoms with Crippen LogP contribution in [0, 0.1) is 0 Å². The van der Waals surface area contributed by atoms with Crippen LogP contribution in [-0.4, -0.2) is 58.6 Å². The Labute approximate surface area is 172 Å². The first-order chi connectivity index (χ1) is 13.4. The molecule has 0 spiro atoms. The molecule has 0 atom stereocenters. The normalized spacial score (nSPS) is 17.6. The van der Waals surface area contributed by atoms with Crippen molar-refractivity contribution in [3.63, 3.8) is 0 Å². The van der Waals surface area contributed by atoms with Gasteiger partial charge in [-0.3, -0.25) is 14.8 Å². The number of aromatic nitrogens is 2. The minimum absolute atomic E-state index is 0. The molecule has 10 heteroatoms. The number of nitrogens with zero attached hydrogens (tertiary/aromatic N) is 3. The number of piperazine rings is 1. The van der Waals surface area contributed by atoms with Crippen LogP contribution >= 0.6 is 12.4 Å². The summed E-state index contributed by atoms with van der Waals surface area (Å²) in [4.78, 5) is 16.7. The van der Waals surface area contributed by atoms with Gasteiger partial charge in [-0.1, -0.05) is 18.2 Å². The van der Waals surface area contributed by atoms with Crippen molar-refractivity contribution >= 4 is 18.3 Å². The van der Waals surface area contributed by atoms with Crippen LogP contribution in [0.15, 0.2) is 24.3 Å². The molecule has 158 valence electrons. The molecular formula is C19H23ClF3N5O. The lowest BCUT2D eigenvalue weighted by Crippen LogP contribution is -2.48. The summed E-state index contributed by atoms with van der Waals surface area (Å²) in [6.45, 7) is 4.26. The molecule has 1 fully saturated rings. The molecule has 2 aliphatic heterocycles. The molecule has 2 aromatic rings. The van der Waals surface area contributed by atoms with Crippen molar-refractivity contribution in [2.45, 2.75) is 25.7 Å². The van der Waals surface area contributed by atoms with Crippen LogP contribution in [0.3, 0.4) is 0 Å². The molecule has 0 aliphatic carbocycles. The molecule has 3 heterocycles. The van der Waals surface area contributed by atoms with Gasteiger partial charge in [0.25, 0.3) is 5.91 Å². The summed E-state index contributed by atoms with van der Waals surface area (Å²) in [7, 11) is 0. The predicted molar refractivity (Wildman–Crippen MR) is 104 cm³/mol. The lowest BCUT2D eigenvalue weighted by molar-refractivity contribution is -0.137. The van der Waals surface area contributed by atoms with E-state index < -0.39 is 11.7 Å². The first-order valence-electron chi connectivity index (χ1n) is 9.36. The highest BCUT2D eigenvalue weighted by Crippen LogP contribution is 2.29. The van der Waals surface area contributed by atoms with E-state index in [1.54, 1.807) is 11.0 Å². The molecule has 2 aliphatic rings. The molecule has 0 saturated carbocycles. The second kappa shape index (κ2) is 8.73. The summed E-state index contributed by atoms with van der Waals surface area (Å²) in [5.41, 5.74) is 2.44. The first kappa shape index (κ1) is 21.6. The number of aromatic amines is 1. The second-order valence-corrected chi connectivity index (χ2v) is 7.22. The average Bonchev–Trinajstić information content (AvgIpc) is 3.12. The highest BCUT2D eigenvalue weighted by atomic mass is 35.5. The molecule has 6 nitrogen and oxygen atoms in total. The zero-order valence-electron chi connectivity index (χ0n) is 15.8. The van der Waals surface area contributed by atoms with Crippen molar-refractivity contribution in [1.29, 1.82) is 0 Å². The van der Waals surface area contributed by atoms with E-state index in [1.165, 1.54) is 12.1 Å². The summed E-state index contributed by atoms with van der Waals surface area (Å²) in [6, 6.07) is 5.42. The van der Waals surface area contributed by atoms with Gasteiger partial charge >= 0.3 is 6.18 Å². The van der Waals surface area contributed by atoms with Gasteiger partial charge in [0, 0.05) is 63.5 Å². The third kappa shape index (κ3) is 4.73. The van der Waals surface area contributed by atoms with E-state index >= 15 is 0 Å². The Morgan fingerprint density at radius 1 is 1.17 bits per heavy atom. The van der Waals surface area contributed by atoms with Gasteiger partial charge in [0.2, 0.25) is 0 Å². The van der Waals surface area contributed by atoms with Gasteiger partial charge in [0.05, 0.1) is 5.56 Å². The standard InChI is InChI=1S/C19H22F3N5O.ClH/c20-19(21,22)14-3-1-2-13(10-14)12-26-6-8-27(9-7-26)18(28)17-15-11-23-5-4-16(15)24-25-17;/h1-3,10,23H,4-9,11-12H2,(H,24,25);1H. The van der Waals surface area contributed by atoms with E-state index in [2.05, 4.69) is 20.4 Å². The molecule has 4 rings (SSSR count). The second-order valence-electron chi connectivity index (χ2n) is 7.22. The average molecular weight is 430 g/mol. The number of amides is 1. The fourth-order valence-corrected chi connectivity index (χ4v) is 3.77. The van der Waals surface area contributed by atoms with Crippen molar-refractivity contribution in [2.75, 3.05) is 32.7 Å². The van der Waals surface area contributed by atoms with E-state index in [4.69, 9.17) is 0 Å². The largest absolute Gasteiger partial charge is 0.416 e. The minimum atomic E-state index is -4.33. The zero-order valence-corrected chi connectivity index (χ0v) is 16.6. The van der Waals surface area contributed by atoms with Gasteiger partial charge in [-0.15, -0.1) is 12.4 Å². The molecule has 2 N–H and O–H groups in total. The summed E-state index contributed by atoms with van der Waals surface area (Å²) < 4.78 is 38.6. The van der Waals surface area contributed by atoms with Crippen LogP contribution in [0.1, 0.15) is 32.9 Å². The van der Waals surface area contributed by atoms with Crippen LogP contribution < -0.4 is 5.32 Å². The Bertz CT molecular complexity index is 862. The van der Waals surface area contributed by atoms with Crippen molar-refractivity contribution in [3.05, 3.63) is 52.3 Å². The number of rotatable bonds is 3. The highest BCUT2D eigenvalue weighted by Gasteiger charge is 2.31. The Balaban J connectivity index is 0.00000240. The Morgan fingerprint density at radius 3 is 2.66 bits per heavy atom. The van der Waals surface area contributed by atoms with E-state index in [0.717, 1.165) is 30.3 Å². The first-order valence-corrected chi connectivity index (χ1v) is 9.36. The van der Waals surface area contributed by atoms with Gasteiger partial charge in [-0.05, 0) is 11.6 Å². The zero-order chi connectivity index (χ0) is 19.7. The number of halogens is 4. The Kier molecular flexibility index (Phi) is 6.50. The predicted octanol–water partition coefficient (Wildman–Crippen LogP) is 2.45. The Morgan fingerprint density at radius 2 is 1.93 bits per heavy atom. The SMILES string of the molecule is Cl.O=C(c1n[nH]c2c1CNCC2)N1CCN(Cc2cccc(C(F)(F)F)c2)CC1. The third-order valence-electron chi connectivity index (χ3n) is 5.33. The van der Waals surface area contributed by atoms with Crippen molar-refractivity contribution in [2.24, 2.45) is 0 Å². The van der Waals surface area contributed by atoms with Crippen LogP contribution in [-0.2, 0) is 25.7 Å². The van der Waals surface area contributed by atoms with Crippen molar-refractivity contribution in [1.82, 2.24) is 25.3 Å². The fraction of sp³-hybridized carbons (Fsp3) is 0.474. The number of hydrogen-bond donors (Lipinski definition) is 2. The van der Waals surface area contributed by atoms with Gasteiger partial charge < -0.3 is 10.2 Å². The maximum atomic E-state index is 12.9. The van der Waals surface area contributed by atoms with Gasteiger partial charge in [-0.25, -0.2) is 0 Å². The molecule has 1 aromatic heterocycles. The molecule has 1 amide bonds. The monoisotopic (exact) mass is 429 g/mol. The quantitative estimate of drug-likeness (QED) is 0.786. The van der Waals surface area contributed by atoms with Crippen LogP contribution in [0.2, 0.25) is 0 Å². The number of carbonyl (C=O) groups is 1. The number of H-pyrrole nitrogens is 1. The van der Waals surface area contributed by atoms with Crippen molar-refractivity contribution in [3.8, 4) is 0 Å². The minimum Gasteiger partial charge on any atom is -0.335 e. The van der Waals surface area contributed by atoms with Crippen LogP contribution in [0.25, 0.3) is 0 Å². The molecule has 0 unspecified atom stereocenters. The number of fused-ring (bicyclic) bond motifs is 1. The topological polar surface area (TPSA) is 64.3 Å². The fourth-order valence-electron chi connectivity index (χ4n) is 3.77. The van der Waals surface area contributed by atoms with E-state index in [9.17, 15) is 18.0 Å². The van der Waals surface area contributed by atoms with Gasteiger partial charge in [-0.2, -0.15) is 18.3 Å². The Hall–Kier alpha value is -2.10. The molecule has 0 bridgehead atoms. The molecular weight excluding hydrogens is 407 g/mol.